The molecule has 4 fully saturated rings. The molecule has 7 aromatic rings. The molecular weight excluding hydrogens is 1730 g/mol. The van der Waals surface area contributed by atoms with E-state index in [1.54, 1.807) is 37.6 Å². The average molecular weight is 1840 g/mol. The Morgan fingerprint density at radius 3 is 1.97 bits per heavy atom. The van der Waals surface area contributed by atoms with Crippen molar-refractivity contribution in [2.24, 2.45) is 11.8 Å². The van der Waals surface area contributed by atoms with Crippen LogP contribution in [0, 0.1) is 11.8 Å². The molecule has 4 amide bonds. The highest BCUT2D eigenvalue weighted by atomic mass is 31.1. The van der Waals surface area contributed by atoms with Crippen molar-refractivity contribution in [2.45, 2.75) is 127 Å². The van der Waals surface area contributed by atoms with E-state index in [4.69, 9.17) is 98.6 Å². The number of imidazole rings is 1. The molecule has 3 aliphatic carbocycles. The number of hydrogen-bond acceptors (Lipinski definition) is 36. The van der Waals surface area contributed by atoms with Crippen molar-refractivity contribution in [2.75, 3.05) is 157 Å². The number of carbonyl (C=O) groups excluding carboxylic acids is 8. The van der Waals surface area contributed by atoms with E-state index < -0.39 is 145 Å². The molecule has 2 aliphatic heterocycles. The van der Waals surface area contributed by atoms with Gasteiger partial charge in [0.05, 0.1) is 125 Å². The van der Waals surface area contributed by atoms with Crippen LogP contribution in [0.5, 0.6) is 11.6 Å². The Balaban J connectivity index is 0.730. The van der Waals surface area contributed by atoms with Crippen LogP contribution in [0.4, 0.5) is 21.2 Å². The van der Waals surface area contributed by atoms with Gasteiger partial charge >= 0.3 is 44.3 Å². The number of rotatable bonds is 45. The van der Waals surface area contributed by atoms with Crippen LogP contribution in [-0.4, -0.2) is 289 Å². The third kappa shape index (κ3) is 28.1. The zero-order valence-electron chi connectivity index (χ0n) is 71.6. The van der Waals surface area contributed by atoms with E-state index in [9.17, 15) is 52.8 Å². The second-order valence-electron chi connectivity index (χ2n) is 29.9. The molecule has 2 bridgehead atoms. The second-order valence-corrected chi connectivity index (χ2v) is 31.6. The molecule has 4 aromatic carbocycles. The van der Waals surface area contributed by atoms with Crippen LogP contribution in [0.2, 0.25) is 0 Å². The van der Waals surface area contributed by atoms with Gasteiger partial charge < -0.3 is 110 Å². The topological polar surface area (TPSA) is 496 Å². The van der Waals surface area contributed by atoms with E-state index in [-0.39, 0.29) is 142 Å². The fourth-order valence-electron chi connectivity index (χ4n) is 15.1. The Morgan fingerprint density at radius 2 is 1.32 bits per heavy atom. The average Bonchev–Trinajstić information content (AvgIpc) is 1.65. The number of alkyl carbamates (subject to hydrolysis) is 1. The number of aliphatic hydroxyl groups is 1. The molecule has 0 radical (unpaired) electrons. The van der Waals surface area contributed by atoms with Crippen LogP contribution in [-0.2, 0) is 131 Å². The van der Waals surface area contributed by atoms with Crippen molar-refractivity contribution in [3.8, 4) is 22.8 Å². The number of aromatic amines is 1. The minimum atomic E-state index is -2.76. The van der Waals surface area contributed by atoms with Crippen LogP contribution < -0.4 is 31.0 Å². The Morgan fingerprint density at radius 1 is 0.682 bits per heavy atom. The van der Waals surface area contributed by atoms with Crippen molar-refractivity contribution in [3.05, 3.63) is 154 Å². The lowest BCUT2D eigenvalue weighted by molar-refractivity contribution is -0.213. The predicted molar refractivity (Wildman–Crippen MR) is 451 cm³/mol. The first-order valence-electron chi connectivity index (χ1n) is 41.8. The second kappa shape index (κ2) is 49.9. The van der Waals surface area contributed by atoms with Gasteiger partial charge in [-0.2, -0.15) is 4.98 Å². The number of H-pyrrole nitrogens is 1. The van der Waals surface area contributed by atoms with Gasteiger partial charge in [-0.15, -0.1) is 9.05 Å². The number of aromatic nitrogens is 6. The normalized spacial score (nSPS) is 21.8. The van der Waals surface area contributed by atoms with Crippen molar-refractivity contribution < 1.29 is 147 Å². The molecular formula is C85H105N10O32P2+. The number of nitrogens with one attached hydrogen (secondary N) is 4. The quantitative estimate of drug-likeness (QED) is 0.0114. The highest BCUT2D eigenvalue weighted by molar-refractivity contribution is 7.33. The summed E-state index contributed by atoms with van der Waals surface area (Å²) in [5, 5.41) is 19.8. The minimum absolute atomic E-state index is 0.00225. The van der Waals surface area contributed by atoms with Crippen LogP contribution >= 0.6 is 17.3 Å². The highest BCUT2D eigenvalue weighted by Crippen LogP contribution is 2.47. The molecule has 12 rings (SSSR count). The number of esters is 4. The molecule has 42 nitrogen and oxygen atoms in total. The van der Waals surface area contributed by atoms with Crippen LogP contribution in [0.25, 0.3) is 22.3 Å². The summed E-state index contributed by atoms with van der Waals surface area (Å²) in [7, 11) is -0.739. The molecule has 5 aliphatic rings. The molecule has 2 unspecified atom stereocenters. The summed E-state index contributed by atoms with van der Waals surface area (Å²) in [6.45, 7) is 6.34. The molecule has 0 spiro atoms. The third-order valence-corrected chi connectivity index (χ3v) is 22.5. The summed E-state index contributed by atoms with van der Waals surface area (Å²) in [5.74, 6) is -7.13. The summed E-state index contributed by atoms with van der Waals surface area (Å²) < 4.78 is 136. The zero-order valence-corrected chi connectivity index (χ0v) is 73.5. The number of carbonyl (C=O) groups is 8. The van der Waals surface area contributed by atoms with Crippen LogP contribution in [0.15, 0.2) is 121 Å². The summed E-state index contributed by atoms with van der Waals surface area (Å²) in [6, 6.07) is 27.8. The maximum Gasteiger partial charge on any atom is 0.697 e. The lowest BCUT2D eigenvalue weighted by Crippen LogP contribution is -2.61. The van der Waals surface area contributed by atoms with E-state index in [0.717, 1.165) is 50.1 Å². The maximum atomic E-state index is 14.8. The first kappa shape index (κ1) is 97.3. The largest absolute Gasteiger partial charge is 0.697 e. The van der Waals surface area contributed by atoms with Gasteiger partial charge in [-0.3, -0.25) is 48.4 Å². The standard InChI is InChI=1S/C85H104N10O32P2/c1-51(96)120-74-63(82(103)108-5)43-68(75(121-52(2)97)77(74)122-53(3)98)124-66-19-18-54(40-65(66)90-70(99)20-23-87-84(104)116-47-64-61-16-10-8-14-59(61)60-15-9-11-17-62(60)64)45-117-85(105)94(24-25-109-28-29-111-32-33-113-36-37-115-39-38-114-35-34-112-31-30-110-27-26-107-4)44-55-12-6-7-13-58(55)79(101)92-83-91-78-72(80(102)93-83)89-50-95(78)81-76-73(100)69(125-81)48-119-129(106)127-67-42-57(41-56(67)46-118-128-126-76)123-71-21-22-86-49-88-71/h6-19,21-22,40,49-50,56-57,63-64,67-69,73-77,81,100,128H,20,23-39,41-48H2,1-5H3,(H3-,87,90,91,92,93,99,101,102,104)/p+1/t56-,57-,63+,67+,68-,69-,73-,74-,75+,76-,77+,81-/m1/s1. The monoisotopic (exact) mass is 1840 g/mol. The summed E-state index contributed by atoms with van der Waals surface area (Å²) >= 11 is 0. The van der Waals surface area contributed by atoms with E-state index >= 15 is 0 Å². The Bertz CT molecular complexity index is 4920. The number of nitrogens with zero attached hydrogens (tertiary/aromatic N) is 6. The van der Waals surface area contributed by atoms with Crippen LogP contribution in [0.3, 0.4) is 0 Å². The molecule has 696 valence electrons. The Hall–Kier alpha value is -10.8. The number of methoxy groups -OCH3 is 2. The number of hydrogen-bond donors (Lipinski definition) is 5. The van der Waals surface area contributed by atoms with Crippen molar-refractivity contribution in [3.63, 3.8) is 0 Å². The lowest BCUT2D eigenvalue weighted by atomic mass is 9.80. The number of ether oxygens (including phenoxy) is 17. The van der Waals surface area contributed by atoms with E-state index in [1.165, 1.54) is 46.4 Å². The number of aliphatic hydroxyl groups excluding tert-OH is 1. The van der Waals surface area contributed by atoms with Gasteiger partial charge in [-0.05, 0) is 58.0 Å². The van der Waals surface area contributed by atoms with Gasteiger partial charge in [0.25, 0.3) is 11.5 Å². The molecule has 14 atom stereocenters. The zero-order chi connectivity index (χ0) is 91.0. The molecule has 3 aromatic heterocycles. The molecule has 5 heterocycles. The van der Waals surface area contributed by atoms with Crippen molar-refractivity contribution >= 4 is 88.0 Å². The van der Waals surface area contributed by atoms with Gasteiger partial charge in [-0.1, -0.05) is 72.8 Å². The smallest absolute Gasteiger partial charge is 0.484 e. The Labute approximate surface area is 743 Å². The maximum absolute atomic E-state index is 14.8. The molecule has 44 heteroatoms. The molecule has 5 N–H and O–H groups in total. The number of fused-ring (bicyclic) bond motifs is 7. The molecule has 2 saturated heterocycles. The van der Waals surface area contributed by atoms with Gasteiger partial charge in [0, 0.05) is 101 Å². The molecule has 129 heavy (non-hydrogen) atoms. The first-order chi connectivity index (χ1) is 62.7. The van der Waals surface area contributed by atoms with Gasteiger partial charge in [-0.25, -0.2) is 24.5 Å². The summed E-state index contributed by atoms with van der Waals surface area (Å²) in [6.07, 6.45) is -9.72. The Kier molecular flexibility index (Phi) is 37.6. The summed E-state index contributed by atoms with van der Waals surface area (Å²) in [5.41, 5.74) is 3.35. The van der Waals surface area contributed by atoms with Gasteiger partial charge in [0.1, 0.15) is 74.4 Å². The summed E-state index contributed by atoms with van der Waals surface area (Å²) in [4.78, 5) is 144. The third-order valence-electron chi connectivity index (χ3n) is 21.1. The van der Waals surface area contributed by atoms with Gasteiger partial charge in [0.15, 0.2) is 44.7 Å². The predicted octanol–water partition coefficient (Wildman–Crippen LogP) is 6.77. The van der Waals surface area contributed by atoms with E-state index in [1.807, 2.05) is 48.5 Å². The number of benzene rings is 4. The minimum Gasteiger partial charge on any atom is -0.484 e. The van der Waals surface area contributed by atoms with E-state index in [0.29, 0.717) is 84.8 Å². The fourth-order valence-corrected chi connectivity index (χ4v) is 16.7. The van der Waals surface area contributed by atoms with Gasteiger partial charge in [0.2, 0.25) is 17.7 Å². The van der Waals surface area contributed by atoms with Crippen molar-refractivity contribution in [1.82, 2.24) is 39.7 Å². The van der Waals surface area contributed by atoms with Crippen molar-refractivity contribution in [1.29, 1.82) is 0 Å². The highest BCUT2D eigenvalue weighted by Gasteiger charge is 2.55. The number of anilines is 2. The number of amides is 4. The van der Waals surface area contributed by atoms with Crippen LogP contribution in [0.1, 0.15) is 91.2 Å². The molecule has 2 saturated carbocycles. The van der Waals surface area contributed by atoms with E-state index in [2.05, 4.69) is 40.9 Å². The SMILES string of the molecule is COCCOCCOCCOCCOCCOCCOCCOCCN(Cc1ccccc1C(=O)Nc1nc2c(ncn2[C@@H]2O[C@@H]3CO[P+](=O)O[C@H]4C[C@H](Oc5ccncn5)C[C@@H]4COPO[C@@H]2[C@@H]3O)c(=O)[nH]1)C(=O)OCc1ccc(O[C@@H]2C[C@H](C(=O)OC)[C@@H](OC(C)=O)[C@H](OC(C)=O)[C@H]2OC(C)=O)c(NC(=O)CCNC(=O)OCC2c3ccccc3-c3ccccc32)c1. The first-order valence-corrected chi connectivity index (χ1v) is 43.8. The lowest BCUT2D eigenvalue weighted by Gasteiger charge is -2.43. The fraction of sp³-hybridized carbons (Fsp3) is 0.518.